The van der Waals surface area contributed by atoms with Crippen LogP contribution in [-0.2, 0) is 26.8 Å². The van der Waals surface area contributed by atoms with Crippen molar-refractivity contribution in [3.8, 4) is 17.2 Å². The highest BCUT2D eigenvalue weighted by Gasteiger charge is 2.16. The van der Waals surface area contributed by atoms with Crippen molar-refractivity contribution in [2.45, 2.75) is 31.2 Å². The average molecular weight is 507 g/mol. The molecule has 1 atom stereocenters. The molecule has 0 heterocycles. The first-order valence-corrected chi connectivity index (χ1v) is 12.8. The number of nitrogens with one attached hydrogen (secondary N) is 1. The number of sulfonamides is 1. The predicted octanol–water partition coefficient (Wildman–Crippen LogP) is 1.69. The van der Waals surface area contributed by atoms with Crippen LogP contribution in [0.1, 0.15) is 19.4 Å². The quantitative estimate of drug-likeness (QED) is 0.259. The maximum absolute atomic E-state index is 11.7. The third kappa shape index (κ3) is 11.8. The van der Waals surface area contributed by atoms with Crippen LogP contribution in [0.25, 0.3) is 0 Å². The molecule has 2 aromatic rings. The second kappa shape index (κ2) is 13.3. The zero-order chi connectivity index (χ0) is 25.1. The zero-order valence-electron chi connectivity index (χ0n) is 18.6. The Balaban J connectivity index is 0.000000981. The third-order valence-electron chi connectivity index (χ3n) is 4.08. The number of hydrogen-bond acceptors (Lipinski definition) is 8. The molecular weight excluding hydrogens is 476 g/mol. The van der Waals surface area contributed by atoms with E-state index >= 15 is 0 Å². The number of primary sulfonamides is 1. The predicted molar refractivity (Wildman–Crippen MR) is 123 cm³/mol. The molecule has 0 amide bonds. The molecule has 0 saturated heterocycles. The molecule has 0 aliphatic carbocycles. The van der Waals surface area contributed by atoms with Crippen LogP contribution in [-0.4, -0.2) is 58.9 Å². The van der Waals surface area contributed by atoms with E-state index < -0.39 is 20.4 Å². The Morgan fingerprint density at radius 3 is 2.09 bits per heavy atom. The van der Waals surface area contributed by atoms with Gasteiger partial charge in [-0.3, -0.25) is 9.11 Å². The summed E-state index contributed by atoms with van der Waals surface area (Å²) in [5, 5.41) is 8.63. The number of para-hydroxylation sites is 2. The summed E-state index contributed by atoms with van der Waals surface area (Å²) in [6, 6.07) is 12.7. The zero-order valence-corrected chi connectivity index (χ0v) is 20.2. The van der Waals surface area contributed by atoms with E-state index in [9.17, 15) is 8.42 Å². The van der Waals surface area contributed by atoms with E-state index in [-0.39, 0.29) is 16.7 Å². The lowest BCUT2D eigenvalue weighted by Gasteiger charge is -2.16. The van der Waals surface area contributed by atoms with Crippen molar-refractivity contribution in [3.63, 3.8) is 0 Å². The summed E-state index contributed by atoms with van der Waals surface area (Å²) in [6.07, 6.45) is 0.641. The van der Waals surface area contributed by atoms with E-state index in [1.165, 1.54) is 7.11 Å². The summed E-state index contributed by atoms with van der Waals surface area (Å²) >= 11 is 0. The molecule has 2 aromatic carbocycles. The van der Waals surface area contributed by atoms with Crippen LogP contribution in [0.4, 0.5) is 0 Å². The van der Waals surface area contributed by atoms with Crippen molar-refractivity contribution in [2.75, 3.05) is 26.9 Å². The average Bonchev–Trinajstić information content (AvgIpc) is 2.70. The van der Waals surface area contributed by atoms with Gasteiger partial charge in [-0.2, -0.15) is 8.42 Å². The van der Waals surface area contributed by atoms with E-state index in [0.29, 0.717) is 31.9 Å². The Hall–Kier alpha value is -2.42. The number of hydrogen-bond donors (Lipinski definition) is 4. The van der Waals surface area contributed by atoms with Crippen LogP contribution in [0, 0.1) is 0 Å². The Morgan fingerprint density at radius 1 is 1.00 bits per heavy atom. The molecule has 0 aliphatic heterocycles. The Morgan fingerprint density at radius 2 is 1.58 bits per heavy atom. The van der Waals surface area contributed by atoms with Gasteiger partial charge < -0.3 is 19.5 Å². The Bertz CT molecular complexity index is 1080. The van der Waals surface area contributed by atoms with Crippen molar-refractivity contribution >= 4 is 20.4 Å². The highest BCUT2D eigenvalue weighted by Crippen LogP contribution is 2.26. The molecule has 0 aliphatic rings. The largest absolute Gasteiger partial charge is 0.495 e. The van der Waals surface area contributed by atoms with E-state index in [1.54, 1.807) is 12.1 Å². The van der Waals surface area contributed by atoms with Crippen LogP contribution in [0.5, 0.6) is 17.2 Å². The summed E-state index contributed by atoms with van der Waals surface area (Å²) < 4.78 is 71.4. The van der Waals surface area contributed by atoms with E-state index in [1.807, 2.05) is 44.2 Å². The SMILES string of the molecule is CCOc1ccccc1OCCNC(C)Cc1ccc(OC)c(S(N)(=O)=O)c1.O=S(=O)(O)O. The molecule has 0 saturated carbocycles. The lowest BCUT2D eigenvalue weighted by molar-refractivity contribution is 0.272. The van der Waals surface area contributed by atoms with E-state index in [0.717, 1.165) is 11.3 Å². The fourth-order valence-electron chi connectivity index (χ4n) is 2.81. The van der Waals surface area contributed by atoms with Gasteiger partial charge in [0.25, 0.3) is 0 Å². The van der Waals surface area contributed by atoms with Crippen molar-refractivity contribution in [2.24, 2.45) is 5.14 Å². The fraction of sp³-hybridized carbons (Fsp3) is 0.400. The number of rotatable bonds is 11. The van der Waals surface area contributed by atoms with Gasteiger partial charge in [-0.15, -0.1) is 0 Å². The van der Waals surface area contributed by atoms with Gasteiger partial charge in [0, 0.05) is 12.6 Å². The minimum absolute atomic E-state index is 0.00411. The van der Waals surface area contributed by atoms with Gasteiger partial charge in [-0.25, -0.2) is 13.6 Å². The molecule has 2 rings (SSSR count). The van der Waals surface area contributed by atoms with Crippen LogP contribution in [0.3, 0.4) is 0 Å². The molecule has 33 heavy (non-hydrogen) atoms. The number of benzene rings is 2. The van der Waals surface area contributed by atoms with Gasteiger partial charge in [-0.05, 0) is 50.1 Å². The van der Waals surface area contributed by atoms with Gasteiger partial charge in [0.1, 0.15) is 17.3 Å². The van der Waals surface area contributed by atoms with Crippen LogP contribution < -0.4 is 24.7 Å². The fourth-order valence-corrected chi connectivity index (χ4v) is 3.55. The van der Waals surface area contributed by atoms with Crippen LogP contribution in [0.15, 0.2) is 47.4 Å². The normalized spacial score (nSPS) is 12.3. The maximum Gasteiger partial charge on any atom is 0.394 e. The molecule has 186 valence electrons. The van der Waals surface area contributed by atoms with Gasteiger partial charge in [0.05, 0.1) is 13.7 Å². The maximum atomic E-state index is 11.7. The summed E-state index contributed by atoms with van der Waals surface area (Å²) in [5.41, 5.74) is 0.854. The molecule has 0 spiro atoms. The molecular formula is C20H30N2O9S2. The van der Waals surface area contributed by atoms with Crippen molar-refractivity contribution in [3.05, 3.63) is 48.0 Å². The van der Waals surface area contributed by atoms with Gasteiger partial charge in [0.15, 0.2) is 11.5 Å². The molecule has 5 N–H and O–H groups in total. The Labute approximate surface area is 194 Å². The van der Waals surface area contributed by atoms with Gasteiger partial charge in [0.2, 0.25) is 10.0 Å². The van der Waals surface area contributed by atoms with E-state index in [2.05, 4.69) is 5.32 Å². The third-order valence-corrected chi connectivity index (χ3v) is 5.01. The number of methoxy groups -OCH3 is 1. The first-order chi connectivity index (χ1) is 15.3. The first kappa shape index (κ1) is 28.6. The number of ether oxygens (including phenoxy) is 3. The first-order valence-electron chi connectivity index (χ1n) is 9.82. The molecule has 0 aromatic heterocycles. The second-order valence-corrected chi connectivity index (χ2v) is 9.19. The Kier molecular flexibility index (Phi) is 11.6. The van der Waals surface area contributed by atoms with Crippen molar-refractivity contribution in [1.82, 2.24) is 5.32 Å². The monoisotopic (exact) mass is 506 g/mol. The minimum atomic E-state index is -4.67. The molecule has 1 unspecified atom stereocenters. The number of nitrogens with two attached hydrogens (primary N) is 1. The van der Waals surface area contributed by atoms with Gasteiger partial charge in [-0.1, -0.05) is 18.2 Å². The van der Waals surface area contributed by atoms with Crippen LogP contribution in [0.2, 0.25) is 0 Å². The minimum Gasteiger partial charge on any atom is -0.495 e. The molecule has 0 fully saturated rings. The van der Waals surface area contributed by atoms with Crippen molar-refractivity contribution < 1.29 is 40.2 Å². The molecule has 13 heteroatoms. The summed E-state index contributed by atoms with van der Waals surface area (Å²) in [7, 11) is -7.09. The second-order valence-electron chi connectivity index (χ2n) is 6.77. The summed E-state index contributed by atoms with van der Waals surface area (Å²) in [6.45, 7) is 5.66. The smallest absolute Gasteiger partial charge is 0.394 e. The molecule has 0 radical (unpaired) electrons. The summed E-state index contributed by atoms with van der Waals surface area (Å²) in [4.78, 5) is -0.00411. The summed E-state index contributed by atoms with van der Waals surface area (Å²) in [5.74, 6) is 1.69. The van der Waals surface area contributed by atoms with Gasteiger partial charge >= 0.3 is 10.4 Å². The highest BCUT2D eigenvalue weighted by atomic mass is 32.3. The highest BCUT2D eigenvalue weighted by molar-refractivity contribution is 7.89. The topological polar surface area (TPSA) is 174 Å². The van der Waals surface area contributed by atoms with Crippen LogP contribution >= 0.6 is 0 Å². The molecule has 0 bridgehead atoms. The molecule has 11 nitrogen and oxygen atoms in total. The lowest BCUT2D eigenvalue weighted by Crippen LogP contribution is -2.32. The lowest BCUT2D eigenvalue weighted by atomic mass is 10.1. The van der Waals surface area contributed by atoms with Crippen molar-refractivity contribution in [1.29, 1.82) is 0 Å². The standard InChI is InChI=1S/C20H28N2O5S.H2O4S/c1-4-26-17-7-5-6-8-18(17)27-12-11-22-15(2)13-16-9-10-19(25-3)20(14-16)28(21,23)24;1-5(2,3)4/h5-10,14-15,22H,4,11-13H2,1-3H3,(H2,21,23,24);(H2,1,2,3,4). The van der Waals surface area contributed by atoms with E-state index in [4.69, 9.17) is 36.9 Å².